The van der Waals surface area contributed by atoms with Crippen molar-refractivity contribution in [1.82, 2.24) is 0 Å². The highest BCUT2D eigenvalue weighted by molar-refractivity contribution is 5.47. The molecule has 2 aromatic rings. The van der Waals surface area contributed by atoms with Crippen LogP contribution in [0.2, 0.25) is 0 Å². The van der Waals surface area contributed by atoms with Crippen LogP contribution in [0.4, 0.5) is 5.69 Å². The molecule has 0 aliphatic rings. The van der Waals surface area contributed by atoms with E-state index in [0.29, 0.717) is 0 Å². The number of benzene rings is 2. The number of aliphatic hydroxyl groups excluding tert-OH is 1. The Morgan fingerprint density at radius 3 is 2.11 bits per heavy atom. The molecule has 0 aliphatic heterocycles. The summed E-state index contributed by atoms with van der Waals surface area (Å²) < 4.78 is 0. The summed E-state index contributed by atoms with van der Waals surface area (Å²) in [5, 5.41) is 13.3. The molecule has 0 amide bonds. The van der Waals surface area contributed by atoms with Gasteiger partial charge in [-0.05, 0) is 31.5 Å². The van der Waals surface area contributed by atoms with E-state index in [-0.39, 0.29) is 6.04 Å². The lowest BCUT2D eigenvalue weighted by atomic mass is 10.0. The van der Waals surface area contributed by atoms with E-state index in [0.717, 1.165) is 11.3 Å². The summed E-state index contributed by atoms with van der Waals surface area (Å²) in [6, 6.07) is 18.1. The van der Waals surface area contributed by atoms with Gasteiger partial charge in [-0.25, -0.2) is 0 Å². The number of aliphatic hydroxyl groups is 1. The average Bonchev–Trinajstić information content (AvgIpc) is 2.38. The van der Waals surface area contributed by atoms with E-state index in [9.17, 15) is 5.11 Å². The highest BCUT2D eigenvalue weighted by Gasteiger charge is 2.16. The smallest absolute Gasteiger partial charge is 0.0770 e. The van der Waals surface area contributed by atoms with Crippen molar-refractivity contribution < 1.29 is 5.11 Å². The molecular formula is C16H19NO. The van der Waals surface area contributed by atoms with Gasteiger partial charge in [-0.1, -0.05) is 48.0 Å². The Balaban J connectivity index is 2.19. The first kappa shape index (κ1) is 12.7. The summed E-state index contributed by atoms with van der Waals surface area (Å²) in [7, 11) is 0. The fourth-order valence-corrected chi connectivity index (χ4v) is 1.97. The molecule has 0 fully saturated rings. The molecule has 2 N–H and O–H groups in total. The van der Waals surface area contributed by atoms with Crippen molar-refractivity contribution >= 4 is 5.69 Å². The maximum absolute atomic E-state index is 9.92. The third-order valence-electron chi connectivity index (χ3n) is 3.01. The maximum atomic E-state index is 9.92. The third kappa shape index (κ3) is 3.11. The van der Waals surface area contributed by atoms with Crippen LogP contribution in [-0.4, -0.2) is 11.2 Å². The SMILES string of the molecule is Cc1ccc(N[C@H](c2ccccc2)[C@H](C)O)cc1. The molecule has 2 nitrogen and oxygen atoms in total. The molecule has 0 radical (unpaired) electrons. The van der Waals surface area contributed by atoms with Crippen LogP contribution in [0.5, 0.6) is 0 Å². The number of hydrogen-bond donors (Lipinski definition) is 2. The number of hydrogen-bond acceptors (Lipinski definition) is 2. The monoisotopic (exact) mass is 241 g/mol. The van der Waals surface area contributed by atoms with E-state index in [4.69, 9.17) is 0 Å². The molecule has 0 saturated heterocycles. The van der Waals surface area contributed by atoms with Crippen LogP contribution in [0.3, 0.4) is 0 Å². The van der Waals surface area contributed by atoms with E-state index in [1.54, 1.807) is 6.92 Å². The topological polar surface area (TPSA) is 32.3 Å². The van der Waals surface area contributed by atoms with E-state index in [1.165, 1.54) is 5.56 Å². The van der Waals surface area contributed by atoms with Crippen LogP contribution in [0.15, 0.2) is 54.6 Å². The highest BCUT2D eigenvalue weighted by Crippen LogP contribution is 2.22. The summed E-state index contributed by atoms with van der Waals surface area (Å²) in [6.07, 6.45) is -0.450. The maximum Gasteiger partial charge on any atom is 0.0770 e. The molecule has 0 spiro atoms. The van der Waals surface area contributed by atoms with Gasteiger partial charge in [-0.3, -0.25) is 0 Å². The molecule has 0 bridgehead atoms. The van der Waals surface area contributed by atoms with Crippen molar-refractivity contribution in [3.05, 3.63) is 65.7 Å². The Morgan fingerprint density at radius 1 is 0.944 bits per heavy atom. The summed E-state index contributed by atoms with van der Waals surface area (Å²) in [6.45, 7) is 3.87. The largest absolute Gasteiger partial charge is 0.391 e. The highest BCUT2D eigenvalue weighted by atomic mass is 16.3. The zero-order chi connectivity index (χ0) is 13.0. The Morgan fingerprint density at radius 2 is 1.56 bits per heavy atom. The fourth-order valence-electron chi connectivity index (χ4n) is 1.97. The third-order valence-corrected chi connectivity index (χ3v) is 3.01. The molecule has 0 saturated carbocycles. The summed E-state index contributed by atoms with van der Waals surface area (Å²) in [5.74, 6) is 0. The Kier molecular flexibility index (Phi) is 4.00. The minimum atomic E-state index is -0.450. The van der Waals surface area contributed by atoms with E-state index in [1.807, 2.05) is 42.5 Å². The molecule has 0 heterocycles. The minimum absolute atomic E-state index is 0.0890. The van der Waals surface area contributed by atoms with Crippen LogP contribution in [-0.2, 0) is 0 Å². The Hall–Kier alpha value is -1.80. The number of nitrogens with one attached hydrogen (secondary N) is 1. The van der Waals surface area contributed by atoms with Gasteiger partial charge in [0, 0.05) is 5.69 Å². The van der Waals surface area contributed by atoms with Gasteiger partial charge in [0.1, 0.15) is 0 Å². The summed E-state index contributed by atoms with van der Waals surface area (Å²) >= 11 is 0. The van der Waals surface area contributed by atoms with Gasteiger partial charge in [-0.2, -0.15) is 0 Å². The van der Waals surface area contributed by atoms with Crippen molar-refractivity contribution in [3.8, 4) is 0 Å². The summed E-state index contributed by atoms with van der Waals surface area (Å²) in [5.41, 5.74) is 3.34. The van der Waals surface area contributed by atoms with Crippen molar-refractivity contribution in [1.29, 1.82) is 0 Å². The molecular weight excluding hydrogens is 222 g/mol. The second kappa shape index (κ2) is 5.69. The predicted octanol–water partition coefficient (Wildman–Crippen LogP) is 3.53. The molecule has 18 heavy (non-hydrogen) atoms. The second-order valence-electron chi connectivity index (χ2n) is 4.64. The van der Waals surface area contributed by atoms with Gasteiger partial charge >= 0.3 is 0 Å². The Labute approximate surface area is 108 Å². The molecule has 2 heteroatoms. The van der Waals surface area contributed by atoms with Crippen molar-refractivity contribution in [2.24, 2.45) is 0 Å². The molecule has 0 unspecified atom stereocenters. The molecule has 2 atom stereocenters. The lowest BCUT2D eigenvalue weighted by Gasteiger charge is -2.23. The number of rotatable bonds is 4. The molecule has 2 aromatic carbocycles. The van der Waals surface area contributed by atoms with Gasteiger partial charge in [0.2, 0.25) is 0 Å². The van der Waals surface area contributed by atoms with Gasteiger partial charge < -0.3 is 10.4 Å². The van der Waals surface area contributed by atoms with Crippen LogP contribution in [0, 0.1) is 6.92 Å². The van der Waals surface area contributed by atoms with Gasteiger partial charge in [-0.15, -0.1) is 0 Å². The van der Waals surface area contributed by atoms with Gasteiger partial charge in [0.15, 0.2) is 0 Å². The van der Waals surface area contributed by atoms with Crippen LogP contribution in [0.1, 0.15) is 24.1 Å². The van der Waals surface area contributed by atoms with Crippen LogP contribution in [0.25, 0.3) is 0 Å². The zero-order valence-electron chi connectivity index (χ0n) is 10.8. The molecule has 0 aliphatic carbocycles. The first-order valence-electron chi connectivity index (χ1n) is 6.23. The minimum Gasteiger partial charge on any atom is -0.391 e. The second-order valence-corrected chi connectivity index (χ2v) is 4.64. The van der Waals surface area contributed by atoms with Crippen molar-refractivity contribution in [2.75, 3.05) is 5.32 Å². The molecule has 2 rings (SSSR count). The fraction of sp³-hybridized carbons (Fsp3) is 0.250. The van der Waals surface area contributed by atoms with Crippen LogP contribution < -0.4 is 5.32 Å². The van der Waals surface area contributed by atoms with E-state index >= 15 is 0 Å². The lowest BCUT2D eigenvalue weighted by Crippen LogP contribution is -2.22. The number of anilines is 1. The Bertz CT molecular complexity index is 476. The zero-order valence-corrected chi connectivity index (χ0v) is 10.8. The van der Waals surface area contributed by atoms with Gasteiger partial charge in [0.25, 0.3) is 0 Å². The molecule has 0 aromatic heterocycles. The lowest BCUT2D eigenvalue weighted by molar-refractivity contribution is 0.172. The normalized spacial score (nSPS) is 13.9. The van der Waals surface area contributed by atoms with Crippen molar-refractivity contribution in [2.45, 2.75) is 26.0 Å². The standard InChI is InChI=1S/C16H19NO/c1-12-8-10-15(11-9-12)17-16(13(2)18)14-6-4-3-5-7-14/h3-11,13,16-18H,1-2H3/t13-,16-/m0/s1. The van der Waals surface area contributed by atoms with Crippen LogP contribution >= 0.6 is 0 Å². The molecule has 94 valence electrons. The average molecular weight is 241 g/mol. The van der Waals surface area contributed by atoms with Crippen molar-refractivity contribution in [3.63, 3.8) is 0 Å². The predicted molar refractivity (Wildman–Crippen MR) is 75.7 cm³/mol. The first-order chi connectivity index (χ1) is 8.66. The van der Waals surface area contributed by atoms with E-state index < -0.39 is 6.10 Å². The van der Waals surface area contributed by atoms with E-state index in [2.05, 4.69) is 24.4 Å². The quantitative estimate of drug-likeness (QED) is 0.858. The number of aryl methyl sites for hydroxylation is 1. The summed E-state index contributed by atoms with van der Waals surface area (Å²) in [4.78, 5) is 0. The van der Waals surface area contributed by atoms with Gasteiger partial charge in [0.05, 0.1) is 12.1 Å². The first-order valence-corrected chi connectivity index (χ1v) is 6.23.